The van der Waals surface area contributed by atoms with E-state index >= 15 is 0 Å². The van der Waals surface area contributed by atoms with E-state index in [1.54, 1.807) is 4.68 Å². The lowest BCUT2D eigenvalue weighted by Gasteiger charge is -2.35. The van der Waals surface area contributed by atoms with Crippen LogP contribution in [0, 0.1) is 0 Å². The van der Waals surface area contributed by atoms with Crippen LogP contribution < -0.4 is 4.90 Å². The molecule has 1 amide bonds. The summed E-state index contributed by atoms with van der Waals surface area (Å²) in [6.07, 6.45) is 8.33. The number of carbonyl (C=O) groups excluding carboxylic acids is 1. The first-order valence-corrected chi connectivity index (χ1v) is 8.05. The van der Waals surface area contributed by atoms with Gasteiger partial charge in [-0.1, -0.05) is 0 Å². The summed E-state index contributed by atoms with van der Waals surface area (Å²) >= 11 is 0. The standard InChI is InChI=1S/C17H23N5O/c1-20(12-7-14-5-9-18-10-6-14)15-4-3-11-22(17(15)23)16-8-13-21(2)19-16/h5-6,8-10,13,15H,3-4,7,11-12H2,1-2H3. The number of likely N-dealkylation sites (N-methyl/N-ethyl adjacent to an activating group) is 1. The molecule has 1 unspecified atom stereocenters. The first kappa shape index (κ1) is 15.7. The van der Waals surface area contributed by atoms with Crippen LogP contribution in [0.2, 0.25) is 0 Å². The summed E-state index contributed by atoms with van der Waals surface area (Å²) < 4.78 is 1.74. The summed E-state index contributed by atoms with van der Waals surface area (Å²) in [5.74, 6) is 0.914. The number of aryl methyl sites for hydroxylation is 1. The summed E-state index contributed by atoms with van der Waals surface area (Å²) in [4.78, 5) is 20.8. The molecule has 0 aliphatic carbocycles. The number of nitrogens with zero attached hydrogens (tertiary/aromatic N) is 5. The summed E-state index contributed by atoms with van der Waals surface area (Å²) in [5, 5.41) is 4.37. The van der Waals surface area contributed by atoms with Crippen LogP contribution in [0.5, 0.6) is 0 Å². The average molecular weight is 313 g/mol. The van der Waals surface area contributed by atoms with Crippen LogP contribution in [0.1, 0.15) is 18.4 Å². The van der Waals surface area contributed by atoms with Crippen molar-refractivity contribution in [2.24, 2.45) is 7.05 Å². The van der Waals surface area contributed by atoms with Crippen LogP contribution >= 0.6 is 0 Å². The zero-order valence-corrected chi connectivity index (χ0v) is 13.7. The van der Waals surface area contributed by atoms with E-state index in [9.17, 15) is 4.79 Å². The molecule has 122 valence electrons. The topological polar surface area (TPSA) is 54.3 Å². The van der Waals surface area contributed by atoms with Gasteiger partial charge in [0.05, 0.1) is 6.04 Å². The summed E-state index contributed by atoms with van der Waals surface area (Å²) in [5.41, 5.74) is 1.25. The van der Waals surface area contributed by atoms with Crippen molar-refractivity contribution in [3.63, 3.8) is 0 Å². The van der Waals surface area contributed by atoms with Crippen molar-refractivity contribution in [1.82, 2.24) is 19.7 Å². The fourth-order valence-electron chi connectivity index (χ4n) is 3.05. The van der Waals surface area contributed by atoms with E-state index in [0.29, 0.717) is 0 Å². The van der Waals surface area contributed by atoms with Gasteiger partial charge in [0.25, 0.3) is 0 Å². The van der Waals surface area contributed by atoms with Gasteiger partial charge >= 0.3 is 0 Å². The molecule has 1 aliphatic rings. The number of rotatable bonds is 5. The molecule has 0 aromatic carbocycles. The Morgan fingerprint density at radius 1 is 1.30 bits per heavy atom. The third kappa shape index (κ3) is 3.59. The summed E-state index contributed by atoms with van der Waals surface area (Å²) in [6, 6.07) is 5.89. The Morgan fingerprint density at radius 2 is 2.09 bits per heavy atom. The van der Waals surface area contributed by atoms with Crippen molar-refractivity contribution in [1.29, 1.82) is 0 Å². The third-order valence-corrected chi connectivity index (χ3v) is 4.42. The summed E-state index contributed by atoms with van der Waals surface area (Å²) in [6.45, 7) is 1.61. The second kappa shape index (κ2) is 6.91. The number of carbonyl (C=O) groups is 1. The highest BCUT2D eigenvalue weighted by atomic mass is 16.2. The Hall–Kier alpha value is -2.21. The van der Waals surface area contributed by atoms with Gasteiger partial charge in [0.2, 0.25) is 5.91 Å². The smallest absolute Gasteiger partial charge is 0.245 e. The predicted octanol–water partition coefficient (Wildman–Crippen LogP) is 1.48. The van der Waals surface area contributed by atoms with Gasteiger partial charge < -0.3 is 0 Å². The molecule has 6 nitrogen and oxygen atoms in total. The lowest BCUT2D eigenvalue weighted by atomic mass is 10.0. The average Bonchev–Trinajstić information content (AvgIpc) is 3.00. The molecule has 1 fully saturated rings. The second-order valence-electron chi connectivity index (χ2n) is 6.08. The number of hydrogen-bond donors (Lipinski definition) is 0. The Morgan fingerprint density at radius 3 is 2.78 bits per heavy atom. The van der Waals surface area contributed by atoms with Crippen LogP contribution in [0.15, 0.2) is 36.8 Å². The number of aromatic nitrogens is 3. The van der Waals surface area contributed by atoms with Crippen LogP contribution in [0.3, 0.4) is 0 Å². The highest BCUT2D eigenvalue weighted by Gasteiger charge is 2.33. The Labute approximate surface area is 136 Å². The monoisotopic (exact) mass is 313 g/mol. The molecule has 1 saturated heterocycles. The van der Waals surface area contributed by atoms with Crippen molar-refractivity contribution in [3.05, 3.63) is 42.4 Å². The van der Waals surface area contributed by atoms with Crippen LogP contribution in [0.4, 0.5) is 5.82 Å². The van der Waals surface area contributed by atoms with Crippen LogP contribution in [-0.2, 0) is 18.3 Å². The van der Waals surface area contributed by atoms with Crippen LogP contribution in [0.25, 0.3) is 0 Å². The predicted molar refractivity (Wildman–Crippen MR) is 89.2 cm³/mol. The fraction of sp³-hybridized carbons (Fsp3) is 0.471. The third-order valence-electron chi connectivity index (χ3n) is 4.42. The molecule has 1 atom stereocenters. The van der Waals surface area contributed by atoms with Crippen molar-refractivity contribution in [3.8, 4) is 0 Å². The molecule has 23 heavy (non-hydrogen) atoms. The van der Waals surface area contributed by atoms with E-state index in [0.717, 1.165) is 38.2 Å². The highest BCUT2D eigenvalue weighted by molar-refractivity contribution is 5.97. The molecule has 6 heteroatoms. The quantitative estimate of drug-likeness (QED) is 0.839. The minimum absolute atomic E-state index is 0.0624. The van der Waals surface area contributed by atoms with E-state index in [2.05, 4.69) is 15.0 Å². The second-order valence-corrected chi connectivity index (χ2v) is 6.08. The zero-order valence-electron chi connectivity index (χ0n) is 13.7. The van der Waals surface area contributed by atoms with E-state index < -0.39 is 0 Å². The van der Waals surface area contributed by atoms with Gasteiger partial charge in [-0.3, -0.25) is 24.3 Å². The number of pyridine rings is 1. The molecule has 3 rings (SSSR count). The molecule has 0 N–H and O–H groups in total. The number of hydrogen-bond acceptors (Lipinski definition) is 4. The molecule has 0 spiro atoms. The Bertz CT molecular complexity index is 654. The van der Waals surface area contributed by atoms with E-state index in [1.165, 1.54) is 5.56 Å². The van der Waals surface area contributed by atoms with Gasteiger partial charge in [0, 0.05) is 44.8 Å². The molecule has 3 heterocycles. The van der Waals surface area contributed by atoms with Gasteiger partial charge in [0.15, 0.2) is 5.82 Å². The molecule has 0 bridgehead atoms. The van der Waals surface area contributed by atoms with Gasteiger partial charge in [-0.25, -0.2) is 0 Å². The minimum Gasteiger partial charge on any atom is -0.295 e. The zero-order chi connectivity index (χ0) is 16.2. The lowest BCUT2D eigenvalue weighted by molar-refractivity contribution is -0.124. The molecular formula is C17H23N5O. The van der Waals surface area contributed by atoms with Crippen molar-refractivity contribution < 1.29 is 4.79 Å². The molecule has 0 saturated carbocycles. The summed E-state index contributed by atoms with van der Waals surface area (Å²) in [7, 11) is 3.90. The maximum Gasteiger partial charge on any atom is 0.245 e. The minimum atomic E-state index is -0.0624. The molecule has 0 radical (unpaired) electrons. The normalized spacial score (nSPS) is 18.7. The lowest BCUT2D eigenvalue weighted by Crippen LogP contribution is -2.52. The van der Waals surface area contributed by atoms with E-state index in [4.69, 9.17) is 0 Å². The fourth-order valence-corrected chi connectivity index (χ4v) is 3.05. The van der Waals surface area contributed by atoms with Gasteiger partial charge in [0.1, 0.15) is 0 Å². The Kier molecular flexibility index (Phi) is 4.71. The van der Waals surface area contributed by atoms with Gasteiger partial charge in [-0.2, -0.15) is 5.10 Å². The number of anilines is 1. The van der Waals surface area contributed by atoms with Gasteiger partial charge in [-0.05, 0) is 44.0 Å². The molecule has 1 aliphatic heterocycles. The largest absolute Gasteiger partial charge is 0.295 e. The van der Waals surface area contributed by atoms with Crippen molar-refractivity contribution >= 4 is 11.7 Å². The Balaban J connectivity index is 1.63. The number of amides is 1. The first-order chi connectivity index (χ1) is 11.1. The SMILES string of the molecule is CN(CCc1ccncc1)C1CCCN(c2ccn(C)n2)C1=O. The maximum absolute atomic E-state index is 12.8. The van der Waals surface area contributed by atoms with Crippen molar-refractivity contribution in [2.45, 2.75) is 25.3 Å². The molecule has 2 aromatic rings. The first-order valence-electron chi connectivity index (χ1n) is 8.05. The highest BCUT2D eigenvalue weighted by Crippen LogP contribution is 2.21. The van der Waals surface area contributed by atoms with Crippen molar-refractivity contribution in [2.75, 3.05) is 25.0 Å². The molecular weight excluding hydrogens is 290 g/mol. The maximum atomic E-state index is 12.8. The molecule has 2 aromatic heterocycles. The van der Waals surface area contributed by atoms with Gasteiger partial charge in [-0.15, -0.1) is 0 Å². The van der Waals surface area contributed by atoms with E-state index in [-0.39, 0.29) is 11.9 Å². The van der Waals surface area contributed by atoms with E-state index in [1.807, 2.05) is 55.8 Å². The number of piperidine rings is 1. The van der Waals surface area contributed by atoms with Crippen LogP contribution in [-0.4, -0.2) is 51.8 Å².